The lowest BCUT2D eigenvalue weighted by molar-refractivity contribution is 0.581. The highest BCUT2D eigenvalue weighted by molar-refractivity contribution is 7.89. The standard InChI is InChI=1S/C14H19N3O2S/c1-10-5-6-14(7-11(10)2)20(18,19)15-8-13-9-17(4)16-12(13)3/h5-7,9,15H,8H2,1-4H3. The third kappa shape index (κ3) is 3.08. The fourth-order valence-corrected chi connectivity index (χ4v) is 3.05. The molecule has 0 bridgehead atoms. The van der Waals surface area contributed by atoms with Crippen molar-refractivity contribution in [1.82, 2.24) is 14.5 Å². The zero-order valence-electron chi connectivity index (χ0n) is 12.1. The molecular formula is C14H19N3O2S. The summed E-state index contributed by atoms with van der Waals surface area (Å²) in [5, 5.41) is 4.19. The molecule has 6 heteroatoms. The third-order valence-corrected chi connectivity index (χ3v) is 4.76. The van der Waals surface area contributed by atoms with Crippen LogP contribution in [-0.2, 0) is 23.6 Å². The first-order chi connectivity index (χ1) is 9.29. The van der Waals surface area contributed by atoms with E-state index in [0.717, 1.165) is 22.4 Å². The van der Waals surface area contributed by atoms with Gasteiger partial charge in [-0.25, -0.2) is 13.1 Å². The van der Waals surface area contributed by atoms with Gasteiger partial charge in [0.15, 0.2) is 0 Å². The van der Waals surface area contributed by atoms with Gasteiger partial charge in [-0.2, -0.15) is 5.10 Å². The van der Waals surface area contributed by atoms with Gasteiger partial charge in [0, 0.05) is 25.4 Å². The average molecular weight is 293 g/mol. The Morgan fingerprint density at radius 3 is 2.45 bits per heavy atom. The van der Waals surface area contributed by atoms with E-state index in [2.05, 4.69) is 9.82 Å². The Morgan fingerprint density at radius 1 is 1.20 bits per heavy atom. The van der Waals surface area contributed by atoms with Gasteiger partial charge in [-0.1, -0.05) is 6.07 Å². The maximum atomic E-state index is 12.2. The van der Waals surface area contributed by atoms with Crippen molar-refractivity contribution in [2.75, 3.05) is 0 Å². The smallest absolute Gasteiger partial charge is 0.240 e. The van der Waals surface area contributed by atoms with E-state index in [0.29, 0.717) is 4.90 Å². The molecule has 0 atom stereocenters. The molecular weight excluding hydrogens is 274 g/mol. The summed E-state index contributed by atoms with van der Waals surface area (Å²) < 4.78 is 28.8. The van der Waals surface area contributed by atoms with Gasteiger partial charge < -0.3 is 0 Å². The second-order valence-corrected chi connectivity index (χ2v) is 6.75. The first kappa shape index (κ1) is 14.7. The Hall–Kier alpha value is -1.66. The van der Waals surface area contributed by atoms with Crippen LogP contribution in [0.25, 0.3) is 0 Å². The summed E-state index contributed by atoms with van der Waals surface area (Å²) >= 11 is 0. The summed E-state index contributed by atoms with van der Waals surface area (Å²) in [5.41, 5.74) is 3.74. The molecule has 0 saturated heterocycles. The molecule has 0 saturated carbocycles. The number of nitrogens with one attached hydrogen (secondary N) is 1. The molecule has 2 rings (SSSR count). The summed E-state index contributed by atoms with van der Waals surface area (Å²) in [6.07, 6.45) is 1.82. The van der Waals surface area contributed by atoms with Crippen molar-refractivity contribution in [1.29, 1.82) is 0 Å². The van der Waals surface area contributed by atoms with Gasteiger partial charge in [-0.15, -0.1) is 0 Å². The lowest BCUT2D eigenvalue weighted by Crippen LogP contribution is -2.23. The number of aromatic nitrogens is 2. The fourth-order valence-electron chi connectivity index (χ4n) is 1.96. The van der Waals surface area contributed by atoms with Crippen LogP contribution >= 0.6 is 0 Å². The highest BCUT2D eigenvalue weighted by atomic mass is 32.2. The van der Waals surface area contributed by atoms with E-state index < -0.39 is 10.0 Å². The number of nitrogens with zero attached hydrogens (tertiary/aromatic N) is 2. The van der Waals surface area contributed by atoms with Crippen molar-refractivity contribution >= 4 is 10.0 Å². The molecule has 0 aliphatic rings. The number of sulfonamides is 1. The van der Waals surface area contributed by atoms with Gasteiger partial charge in [-0.3, -0.25) is 4.68 Å². The van der Waals surface area contributed by atoms with Gasteiger partial charge in [0.2, 0.25) is 10.0 Å². The van der Waals surface area contributed by atoms with Gasteiger partial charge in [0.05, 0.1) is 10.6 Å². The molecule has 0 unspecified atom stereocenters. The molecule has 0 aliphatic carbocycles. The van der Waals surface area contributed by atoms with E-state index in [-0.39, 0.29) is 6.54 Å². The van der Waals surface area contributed by atoms with Crippen LogP contribution < -0.4 is 4.72 Å². The molecule has 1 aromatic heterocycles. The number of aryl methyl sites for hydroxylation is 4. The molecule has 0 radical (unpaired) electrons. The number of benzene rings is 1. The minimum atomic E-state index is -3.49. The first-order valence-electron chi connectivity index (χ1n) is 6.35. The van der Waals surface area contributed by atoms with Crippen molar-refractivity contribution in [3.63, 3.8) is 0 Å². The van der Waals surface area contributed by atoms with E-state index in [9.17, 15) is 8.42 Å². The summed E-state index contributed by atoms with van der Waals surface area (Å²) in [4.78, 5) is 0.294. The van der Waals surface area contributed by atoms with Crippen molar-refractivity contribution in [3.8, 4) is 0 Å². The van der Waals surface area contributed by atoms with E-state index in [4.69, 9.17) is 0 Å². The molecule has 0 fully saturated rings. The maximum absolute atomic E-state index is 12.2. The molecule has 0 spiro atoms. The Kier molecular flexibility index (Phi) is 3.96. The third-order valence-electron chi connectivity index (χ3n) is 3.36. The lowest BCUT2D eigenvalue weighted by Gasteiger charge is -2.08. The van der Waals surface area contributed by atoms with Gasteiger partial charge in [0.1, 0.15) is 0 Å². The van der Waals surface area contributed by atoms with Crippen LogP contribution in [0.4, 0.5) is 0 Å². The molecule has 2 aromatic rings. The fraction of sp³-hybridized carbons (Fsp3) is 0.357. The SMILES string of the molecule is Cc1ccc(S(=O)(=O)NCc2cn(C)nc2C)cc1C. The largest absolute Gasteiger partial charge is 0.275 e. The highest BCUT2D eigenvalue weighted by Gasteiger charge is 2.15. The van der Waals surface area contributed by atoms with Crippen LogP contribution in [0, 0.1) is 20.8 Å². The predicted molar refractivity (Wildman–Crippen MR) is 77.9 cm³/mol. The van der Waals surface area contributed by atoms with E-state index in [1.807, 2.05) is 40.1 Å². The Balaban J connectivity index is 2.19. The molecule has 0 aliphatic heterocycles. The van der Waals surface area contributed by atoms with E-state index in [1.165, 1.54) is 0 Å². The van der Waals surface area contributed by atoms with E-state index >= 15 is 0 Å². The van der Waals surface area contributed by atoms with Crippen LogP contribution in [0.3, 0.4) is 0 Å². The second kappa shape index (κ2) is 5.38. The Bertz CT molecular complexity index is 733. The van der Waals surface area contributed by atoms with Gasteiger partial charge in [-0.05, 0) is 44.0 Å². The topological polar surface area (TPSA) is 64.0 Å². The maximum Gasteiger partial charge on any atom is 0.240 e. The zero-order valence-corrected chi connectivity index (χ0v) is 13.0. The lowest BCUT2D eigenvalue weighted by atomic mass is 10.1. The average Bonchev–Trinajstić information content (AvgIpc) is 2.69. The highest BCUT2D eigenvalue weighted by Crippen LogP contribution is 2.15. The molecule has 0 amide bonds. The van der Waals surface area contributed by atoms with Crippen molar-refractivity contribution in [2.24, 2.45) is 7.05 Å². The first-order valence-corrected chi connectivity index (χ1v) is 7.84. The molecule has 5 nitrogen and oxygen atoms in total. The molecule has 1 N–H and O–H groups in total. The van der Waals surface area contributed by atoms with Crippen LogP contribution in [-0.4, -0.2) is 18.2 Å². The van der Waals surface area contributed by atoms with Crippen LogP contribution in [0.1, 0.15) is 22.4 Å². The van der Waals surface area contributed by atoms with Gasteiger partial charge >= 0.3 is 0 Å². The van der Waals surface area contributed by atoms with Crippen molar-refractivity contribution < 1.29 is 8.42 Å². The monoisotopic (exact) mass is 293 g/mol. The molecule has 1 aromatic carbocycles. The molecule has 1 heterocycles. The summed E-state index contributed by atoms with van der Waals surface area (Å²) in [7, 11) is -1.68. The van der Waals surface area contributed by atoms with Crippen LogP contribution in [0.5, 0.6) is 0 Å². The van der Waals surface area contributed by atoms with Crippen LogP contribution in [0.2, 0.25) is 0 Å². The van der Waals surface area contributed by atoms with Crippen molar-refractivity contribution in [3.05, 3.63) is 46.8 Å². The number of hydrogen-bond acceptors (Lipinski definition) is 3. The Labute approximate surface area is 119 Å². The molecule has 108 valence electrons. The number of hydrogen-bond donors (Lipinski definition) is 1. The number of rotatable bonds is 4. The minimum absolute atomic E-state index is 0.245. The van der Waals surface area contributed by atoms with E-state index in [1.54, 1.807) is 16.8 Å². The summed E-state index contributed by atoms with van der Waals surface area (Å²) in [6, 6.07) is 5.13. The quantitative estimate of drug-likeness (QED) is 0.935. The molecule has 20 heavy (non-hydrogen) atoms. The van der Waals surface area contributed by atoms with Crippen LogP contribution in [0.15, 0.2) is 29.3 Å². The minimum Gasteiger partial charge on any atom is -0.275 e. The predicted octanol–water partition coefficient (Wildman–Crippen LogP) is 1.82. The summed E-state index contributed by atoms with van der Waals surface area (Å²) in [5.74, 6) is 0. The second-order valence-electron chi connectivity index (χ2n) is 4.98. The van der Waals surface area contributed by atoms with Gasteiger partial charge in [0.25, 0.3) is 0 Å². The summed E-state index contributed by atoms with van der Waals surface area (Å²) in [6.45, 7) is 5.96. The van der Waals surface area contributed by atoms with Crippen molar-refractivity contribution in [2.45, 2.75) is 32.2 Å². The Morgan fingerprint density at radius 2 is 1.90 bits per heavy atom. The zero-order chi connectivity index (χ0) is 14.9. The normalized spacial score (nSPS) is 11.8.